The van der Waals surface area contributed by atoms with Crippen LogP contribution in [0, 0.1) is 10.1 Å². The summed E-state index contributed by atoms with van der Waals surface area (Å²) in [5.41, 5.74) is -2.42. The Kier molecular flexibility index (Phi) is 5.05. The summed E-state index contributed by atoms with van der Waals surface area (Å²) in [7, 11) is 2.87. The predicted molar refractivity (Wildman–Crippen MR) is 87.8 cm³/mol. The van der Waals surface area contributed by atoms with Crippen molar-refractivity contribution in [3.05, 3.63) is 59.4 Å². The average Bonchev–Trinajstić information content (AvgIpc) is 2.51. The smallest absolute Gasteiger partial charge is 0.357 e. The molecule has 2 rings (SSSR count). The van der Waals surface area contributed by atoms with Gasteiger partial charge in [-0.05, 0) is 23.8 Å². The molecule has 2 aromatic rings. The van der Waals surface area contributed by atoms with Crippen LogP contribution in [0.25, 0.3) is 12.2 Å². The van der Waals surface area contributed by atoms with E-state index < -0.39 is 21.9 Å². The van der Waals surface area contributed by atoms with E-state index in [1.165, 1.54) is 32.4 Å². The first-order valence-electron chi connectivity index (χ1n) is 6.48. The summed E-state index contributed by atoms with van der Waals surface area (Å²) in [5, 5.41) is 11.2. The molecule has 0 atom stereocenters. The molecule has 0 radical (unpaired) electrons. The molecule has 0 saturated heterocycles. The second-order valence-electron chi connectivity index (χ2n) is 4.50. The van der Waals surface area contributed by atoms with E-state index in [0.29, 0.717) is 17.1 Å². The van der Waals surface area contributed by atoms with Crippen LogP contribution in [0.15, 0.2) is 21.7 Å². The number of ether oxygens (including phenoxy) is 2. The number of H-pyrrole nitrogens is 2. The van der Waals surface area contributed by atoms with Crippen molar-refractivity contribution in [2.45, 2.75) is 0 Å². The van der Waals surface area contributed by atoms with E-state index in [-0.39, 0.29) is 10.7 Å². The molecular formula is C14H12ClN3O6. The number of benzene rings is 1. The van der Waals surface area contributed by atoms with Gasteiger partial charge in [0.2, 0.25) is 0 Å². The van der Waals surface area contributed by atoms with Crippen molar-refractivity contribution < 1.29 is 14.4 Å². The SMILES string of the molecule is COc1cc(/C=C/c2[nH]c(=O)[nH]c(=O)c2[N+](=O)[O-])cc(Cl)c1OC. The van der Waals surface area contributed by atoms with E-state index in [0.717, 1.165) is 0 Å². The van der Waals surface area contributed by atoms with Gasteiger partial charge >= 0.3 is 16.9 Å². The van der Waals surface area contributed by atoms with Crippen LogP contribution in [0.5, 0.6) is 11.5 Å². The van der Waals surface area contributed by atoms with Gasteiger partial charge in [-0.1, -0.05) is 17.7 Å². The Bertz CT molecular complexity index is 931. The summed E-state index contributed by atoms with van der Waals surface area (Å²) in [6.07, 6.45) is 2.66. The summed E-state index contributed by atoms with van der Waals surface area (Å²) in [6, 6.07) is 3.12. The summed E-state index contributed by atoms with van der Waals surface area (Å²) in [5.74, 6) is 0.699. The van der Waals surface area contributed by atoms with Gasteiger partial charge in [-0.25, -0.2) is 4.79 Å². The number of hydrogen-bond donors (Lipinski definition) is 2. The van der Waals surface area contributed by atoms with Crippen molar-refractivity contribution in [3.63, 3.8) is 0 Å². The van der Waals surface area contributed by atoms with Gasteiger partial charge in [0.15, 0.2) is 11.5 Å². The molecule has 0 bridgehead atoms. The average molecular weight is 354 g/mol. The van der Waals surface area contributed by atoms with E-state index in [1.54, 1.807) is 11.1 Å². The first kappa shape index (κ1) is 17.3. The van der Waals surface area contributed by atoms with E-state index in [2.05, 4.69) is 4.98 Å². The molecule has 0 aliphatic carbocycles. The van der Waals surface area contributed by atoms with Crippen molar-refractivity contribution in [2.24, 2.45) is 0 Å². The van der Waals surface area contributed by atoms with Crippen molar-refractivity contribution in [1.29, 1.82) is 0 Å². The lowest BCUT2D eigenvalue weighted by molar-refractivity contribution is -0.386. The van der Waals surface area contributed by atoms with Crippen LogP contribution in [-0.2, 0) is 0 Å². The third-order valence-electron chi connectivity index (χ3n) is 3.03. The largest absolute Gasteiger partial charge is 0.493 e. The van der Waals surface area contributed by atoms with Crippen LogP contribution in [0.3, 0.4) is 0 Å². The lowest BCUT2D eigenvalue weighted by Gasteiger charge is -2.10. The van der Waals surface area contributed by atoms with Gasteiger partial charge in [0.1, 0.15) is 5.69 Å². The number of halogens is 1. The van der Waals surface area contributed by atoms with Gasteiger partial charge in [0, 0.05) is 0 Å². The lowest BCUT2D eigenvalue weighted by atomic mass is 10.1. The molecule has 10 heteroatoms. The fourth-order valence-electron chi connectivity index (χ4n) is 2.01. The van der Waals surface area contributed by atoms with Gasteiger partial charge in [0.05, 0.1) is 24.2 Å². The number of aromatic amines is 2. The minimum absolute atomic E-state index is 0.236. The van der Waals surface area contributed by atoms with Crippen molar-refractivity contribution in [2.75, 3.05) is 14.2 Å². The Morgan fingerprint density at radius 3 is 2.46 bits per heavy atom. The number of nitrogens with zero attached hydrogens (tertiary/aromatic N) is 1. The number of nitrogens with one attached hydrogen (secondary N) is 2. The Balaban J connectivity index is 2.53. The number of hydrogen-bond acceptors (Lipinski definition) is 6. The summed E-state index contributed by atoms with van der Waals surface area (Å²) >= 11 is 6.07. The van der Waals surface area contributed by atoms with Gasteiger partial charge in [-0.2, -0.15) is 0 Å². The molecule has 1 aromatic heterocycles. The second kappa shape index (κ2) is 7.01. The molecule has 0 aliphatic heterocycles. The highest BCUT2D eigenvalue weighted by Gasteiger charge is 2.19. The number of aromatic nitrogens is 2. The highest BCUT2D eigenvalue weighted by atomic mass is 35.5. The third-order valence-corrected chi connectivity index (χ3v) is 3.31. The number of methoxy groups -OCH3 is 2. The van der Waals surface area contributed by atoms with Crippen LogP contribution >= 0.6 is 11.6 Å². The molecular weight excluding hydrogens is 342 g/mol. The Morgan fingerprint density at radius 1 is 1.17 bits per heavy atom. The van der Waals surface area contributed by atoms with Gasteiger partial charge < -0.3 is 14.5 Å². The van der Waals surface area contributed by atoms with Crippen molar-refractivity contribution in [1.82, 2.24) is 9.97 Å². The van der Waals surface area contributed by atoms with Crippen LogP contribution in [-0.4, -0.2) is 29.1 Å². The summed E-state index contributed by atoms with van der Waals surface area (Å²) in [4.78, 5) is 37.0. The highest BCUT2D eigenvalue weighted by molar-refractivity contribution is 6.32. The van der Waals surface area contributed by atoms with E-state index >= 15 is 0 Å². The van der Waals surface area contributed by atoms with E-state index in [9.17, 15) is 19.7 Å². The Morgan fingerprint density at radius 2 is 1.88 bits per heavy atom. The van der Waals surface area contributed by atoms with Gasteiger partial charge in [0.25, 0.3) is 0 Å². The minimum Gasteiger partial charge on any atom is -0.493 e. The maximum Gasteiger partial charge on any atom is 0.357 e. The normalized spacial score (nSPS) is 10.8. The third kappa shape index (κ3) is 3.46. The van der Waals surface area contributed by atoms with Gasteiger partial charge in [-0.15, -0.1) is 0 Å². The summed E-state index contributed by atoms with van der Waals surface area (Å²) < 4.78 is 10.2. The topological polar surface area (TPSA) is 127 Å². The monoisotopic (exact) mass is 353 g/mol. The molecule has 0 fully saturated rings. The van der Waals surface area contributed by atoms with Crippen molar-refractivity contribution in [3.8, 4) is 11.5 Å². The van der Waals surface area contributed by atoms with Crippen LogP contribution in [0.1, 0.15) is 11.3 Å². The molecule has 0 aliphatic rings. The van der Waals surface area contributed by atoms with Gasteiger partial charge in [-0.3, -0.25) is 19.9 Å². The van der Waals surface area contributed by atoms with E-state index in [4.69, 9.17) is 21.1 Å². The Labute approximate surface area is 139 Å². The predicted octanol–water partition coefficient (Wildman–Crippen LogP) is 1.81. The zero-order valence-corrected chi connectivity index (χ0v) is 13.3. The molecule has 1 aromatic carbocycles. The summed E-state index contributed by atoms with van der Waals surface area (Å²) in [6.45, 7) is 0. The molecule has 0 unspecified atom stereocenters. The molecule has 126 valence electrons. The minimum atomic E-state index is -1.09. The molecule has 0 spiro atoms. The quantitative estimate of drug-likeness (QED) is 0.623. The molecule has 0 amide bonds. The molecule has 9 nitrogen and oxygen atoms in total. The van der Waals surface area contributed by atoms with E-state index in [1.807, 2.05) is 0 Å². The maximum atomic E-state index is 11.5. The zero-order valence-electron chi connectivity index (χ0n) is 12.6. The highest BCUT2D eigenvalue weighted by Crippen LogP contribution is 2.36. The van der Waals surface area contributed by atoms with Crippen LogP contribution < -0.4 is 20.7 Å². The fraction of sp³-hybridized carbons (Fsp3) is 0.143. The first-order valence-corrected chi connectivity index (χ1v) is 6.85. The molecule has 2 N–H and O–H groups in total. The molecule has 0 saturated carbocycles. The first-order chi connectivity index (χ1) is 11.4. The number of nitro groups is 1. The van der Waals surface area contributed by atoms with Crippen molar-refractivity contribution >= 4 is 29.4 Å². The zero-order chi connectivity index (χ0) is 17.9. The molecule has 24 heavy (non-hydrogen) atoms. The standard InChI is InChI=1S/C14H12ClN3O6/c1-23-10-6-7(5-8(15)12(10)24-2)3-4-9-11(18(21)22)13(19)17-14(20)16-9/h3-6H,1-2H3,(H2,16,17,19,20)/b4-3+. The van der Waals surface area contributed by atoms with Crippen LogP contribution in [0.2, 0.25) is 5.02 Å². The number of rotatable bonds is 5. The van der Waals surface area contributed by atoms with Crippen LogP contribution in [0.4, 0.5) is 5.69 Å². The lowest BCUT2D eigenvalue weighted by Crippen LogP contribution is -2.25. The second-order valence-corrected chi connectivity index (χ2v) is 4.91. The Hall–Kier alpha value is -3.07. The maximum absolute atomic E-state index is 11.5. The fourth-order valence-corrected chi connectivity index (χ4v) is 2.31. The molecule has 1 heterocycles.